The minimum atomic E-state index is -0.105. The van der Waals surface area contributed by atoms with Gasteiger partial charge >= 0.3 is 0 Å². The van der Waals surface area contributed by atoms with Gasteiger partial charge in [-0.2, -0.15) is 0 Å². The molecular weight excluding hydrogens is 390 g/mol. The van der Waals surface area contributed by atoms with Crippen molar-refractivity contribution >= 4 is 29.3 Å². The molecule has 3 rings (SSSR count). The number of halogens is 1. The van der Waals surface area contributed by atoms with Crippen molar-refractivity contribution in [1.29, 1.82) is 0 Å². The van der Waals surface area contributed by atoms with Gasteiger partial charge < -0.3 is 10.6 Å². The van der Waals surface area contributed by atoms with Crippen LogP contribution < -0.4 is 10.6 Å². The maximum atomic E-state index is 12.6. The predicted molar refractivity (Wildman–Crippen MR) is 118 cm³/mol. The number of hydrogen-bond donors (Lipinski definition) is 2. The van der Waals surface area contributed by atoms with Gasteiger partial charge in [0.25, 0.3) is 0 Å². The zero-order chi connectivity index (χ0) is 19.9. The molecule has 1 amide bonds. The summed E-state index contributed by atoms with van der Waals surface area (Å²) >= 11 is 7.75. The summed E-state index contributed by atoms with van der Waals surface area (Å²) in [6, 6.07) is 16.7. The third kappa shape index (κ3) is 5.74. The zero-order valence-electron chi connectivity index (χ0n) is 16.5. The molecule has 2 N–H and O–H groups in total. The fourth-order valence-electron chi connectivity index (χ4n) is 3.62. The van der Waals surface area contributed by atoms with Crippen LogP contribution in [0.15, 0.2) is 53.4 Å². The van der Waals surface area contributed by atoms with Crippen molar-refractivity contribution in [1.82, 2.24) is 15.5 Å². The third-order valence-corrected chi connectivity index (χ3v) is 6.11. The number of nitrogens with one attached hydrogen (secondary N) is 2. The Morgan fingerprint density at radius 3 is 2.46 bits per heavy atom. The van der Waals surface area contributed by atoms with Gasteiger partial charge in [-0.05, 0) is 55.0 Å². The van der Waals surface area contributed by atoms with Crippen LogP contribution >= 0.6 is 23.4 Å². The molecule has 6 heteroatoms. The number of nitrogens with zero attached hydrogens (tertiary/aromatic N) is 1. The Bertz CT molecular complexity index is 766. The van der Waals surface area contributed by atoms with Gasteiger partial charge in [0.05, 0.1) is 6.04 Å². The standard InChI is InChI=1S/C22H28ClN3OS/c1-3-24-22(27)21-12-19(25-13-16-6-10-20(28-2)11-7-16)15-26(21)14-17-4-8-18(23)9-5-17/h4-11,19,21,25H,3,12-15H2,1-2H3,(H,24,27)/t19-,21-/m0/s1. The minimum Gasteiger partial charge on any atom is -0.355 e. The summed E-state index contributed by atoms with van der Waals surface area (Å²) < 4.78 is 0. The van der Waals surface area contributed by atoms with E-state index >= 15 is 0 Å². The predicted octanol–water partition coefficient (Wildman–Crippen LogP) is 3.93. The third-order valence-electron chi connectivity index (χ3n) is 5.11. The molecular formula is C22H28ClN3OS. The lowest BCUT2D eigenvalue weighted by Crippen LogP contribution is -2.42. The van der Waals surface area contributed by atoms with Crippen molar-refractivity contribution in [3.8, 4) is 0 Å². The Morgan fingerprint density at radius 2 is 1.82 bits per heavy atom. The maximum absolute atomic E-state index is 12.6. The van der Waals surface area contributed by atoms with Crippen molar-refractivity contribution in [2.45, 2.75) is 43.4 Å². The van der Waals surface area contributed by atoms with E-state index in [9.17, 15) is 4.79 Å². The van der Waals surface area contributed by atoms with E-state index in [2.05, 4.69) is 46.1 Å². The van der Waals surface area contributed by atoms with E-state index in [4.69, 9.17) is 11.6 Å². The molecule has 0 bridgehead atoms. The lowest BCUT2D eigenvalue weighted by molar-refractivity contribution is -0.125. The molecule has 2 aromatic rings. The first-order valence-electron chi connectivity index (χ1n) is 9.71. The number of carbonyl (C=O) groups excluding carboxylic acids is 1. The first kappa shape index (κ1) is 21.2. The van der Waals surface area contributed by atoms with E-state index in [1.165, 1.54) is 16.0 Å². The average molecular weight is 418 g/mol. The number of carbonyl (C=O) groups is 1. The van der Waals surface area contributed by atoms with Gasteiger partial charge in [-0.25, -0.2) is 0 Å². The molecule has 0 aromatic heterocycles. The molecule has 1 aliphatic rings. The smallest absolute Gasteiger partial charge is 0.237 e. The molecule has 0 aliphatic carbocycles. The highest BCUT2D eigenvalue weighted by Gasteiger charge is 2.36. The largest absolute Gasteiger partial charge is 0.355 e. The molecule has 0 unspecified atom stereocenters. The van der Waals surface area contributed by atoms with Crippen molar-refractivity contribution in [3.63, 3.8) is 0 Å². The highest BCUT2D eigenvalue weighted by atomic mass is 35.5. The van der Waals surface area contributed by atoms with Crippen LogP contribution in [0.5, 0.6) is 0 Å². The first-order valence-corrected chi connectivity index (χ1v) is 11.3. The second-order valence-electron chi connectivity index (χ2n) is 7.13. The fourth-order valence-corrected chi connectivity index (χ4v) is 4.16. The summed E-state index contributed by atoms with van der Waals surface area (Å²) in [6.07, 6.45) is 2.91. The van der Waals surface area contributed by atoms with Crippen LogP contribution in [0.4, 0.5) is 0 Å². The number of rotatable bonds is 8. The van der Waals surface area contributed by atoms with Crippen molar-refractivity contribution < 1.29 is 4.79 Å². The molecule has 1 aliphatic heterocycles. The van der Waals surface area contributed by atoms with Gasteiger partial charge in [-0.15, -0.1) is 11.8 Å². The lowest BCUT2D eigenvalue weighted by atomic mass is 10.1. The Hall–Kier alpha value is -1.53. The van der Waals surface area contributed by atoms with Gasteiger partial charge in [0, 0.05) is 42.1 Å². The van der Waals surface area contributed by atoms with Gasteiger partial charge in [0.15, 0.2) is 0 Å². The topological polar surface area (TPSA) is 44.4 Å². The number of amides is 1. The van der Waals surface area contributed by atoms with Gasteiger partial charge in [0.2, 0.25) is 5.91 Å². The molecule has 4 nitrogen and oxygen atoms in total. The van der Waals surface area contributed by atoms with Crippen LogP contribution in [0, 0.1) is 0 Å². The normalized spacial score (nSPS) is 19.7. The molecule has 0 spiro atoms. The zero-order valence-corrected chi connectivity index (χ0v) is 18.0. The van der Waals surface area contributed by atoms with E-state index in [-0.39, 0.29) is 11.9 Å². The summed E-state index contributed by atoms with van der Waals surface area (Å²) in [4.78, 5) is 16.1. The molecule has 1 heterocycles. The summed E-state index contributed by atoms with van der Waals surface area (Å²) in [6.45, 7) is 5.04. The highest BCUT2D eigenvalue weighted by Crippen LogP contribution is 2.22. The molecule has 2 atom stereocenters. The number of thioether (sulfide) groups is 1. The minimum absolute atomic E-state index is 0.105. The van der Waals surface area contributed by atoms with Gasteiger partial charge in [-0.3, -0.25) is 9.69 Å². The summed E-state index contributed by atoms with van der Waals surface area (Å²) in [5, 5.41) is 7.36. The van der Waals surface area contributed by atoms with Crippen LogP contribution in [0.3, 0.4) is 0 Å². The van der Waals surface area contributed by atoms with Crippen LogP contribution in [0.1, 0.15) is 24.5 Å². The van der Waals surface area contributed by atoms with Crippen LogP contribution in [-0.4, -0.2) is 42.2 Å². The maximum Gasteiger partial charge on any atom is 0.237 e. The molecule has 150 valence electrons. The number of hydrogen-bond acceptors (Lipinski definition) is 4. The molecule has 1 saturated heterocycles. The molecule has 28 heavy (non-hydrogen) atoms. The Morgan fingerprint density at radius 1 is 1.14 bits per heavy atom. The average Bonchev–Trinajstić information content (AvgIpc) is 3.11. The summed E-state index contributed by atoms with van der Waals surface area (Å²) in [5.74, 6) is 0.116. The highest BCUT2D eigenvalue weighted by molar-refractivity contribution is 7.98. The van der Waals surface area contributed by atoms with Crippen LogP contribution in [0.25, 0.3) is 0 Å². The van der Waals surface area contributed by atoms with E-state index < -0.39 is 0 Å². The number of likely N-dealkylation sites (tertiary alicyclic amines) is 1. The van der Waals surface area contributed by atoms with E-state index in [0.29, 0.717) is 12.6 Å². The Labute approximate surface area is 177 Å². The van der Waals surface area contributed by atoms with Crippen molar-refractivity contribution in [2.75, 3.05) is 19.3 Å². The second-order valence-corrected chi connectivity index (χ2v) is 8.44. The quantitative estimate of drug-likeness (QED) is 0.639. The first-order chi connectivity index (χ1) is 13.6. The lowest BCUT2D eigenvalue weighted by Gasteiger charge is -2.23. The second kappa shape index (κ2) is 10.3. The fraction of sp³-hybridized carbons (Fsp3) is 0.409. The van der Waals surface area contributed by atoms with Crippen LogP contribution in [-0.2, 0) is 17.9 Å². The van der Waals surface area contributed by atoms with E-state index in [1.54, 1.807) is 11.8 Å². The molecule has 2 aromatic carbocycles. The monoisotopic (exact) mass is 417 g/mol. The SMILES string of the molecule is CCNC(=O)[C@@H]1C[C@H](NCc2ccc(SC)cc2)CN1Cc1ccc(Cl)cc1. The Kier molecular flexibility index (Phi) is 7.80. The summed E-state index contributed by atoms with van der Waals surface area (Å²) in [7, 11) is 0. The van der Waals surface area contributed by atoms with Crippen molar-refractivity contribution in [2.24, 2.45) is 0 Å². The molecule has 0 saturated carbocycles. The van der Waals surface area contributed by atoms with E-state index in [0.717, 1.165) is 31.1 Å². The van der Waals surface area contributed by atoms with Gasteiger partial charge in [-0.1, -0.05) is 35.9 Å². The number of likely N-dealkylation sites (N-methyl/N-ethyl adjacent to an activating group) is 1. The Balaban J connectivity index is 1.62. The number of benzene rings is 2. The van der Waals surface area contributed by atoms with Gasteiger partial charge in [0.1, 0.15) is 0 Å². The van der Waals surface area contributed by atoms with E-state index in [1.807, 2.05) is 31.2 Å². The van der Waals surface area contributed by atoms with Crippen molar-refractivity contribution in [3.05, 3.63) is 64.7 Å². The summed E-state index contributed by atoms with van der Waals surface area (Å²) in [5.41, 5.74) is 2.44. The molecule has 0 radical (unpaired) electrons. The van der Waals surface area contributed by atoms with Crippen LogP contribution in [0.2, 0.25) is 5.02 Å². The molecule has 1 fully saturated rings.